The van der Waals surface area contributed by atoms with Crippen molar-refractivity contribution in [3.8, 4) is 16.3 Å². The summed E-state index contributed by atoms with van der Waals surface area (Å²) < 4.78 is 43.9. The molecule has 1 aromatic heterocycles. The quantitative estimate of drug-likeness (QED) is 0.418. The first kappa shape index (κ1) is 23.5. The van der Waals surface area contributed by atoms with Gasteiger partial charge >= 0.3 is 12.1 Å². The highest BCUT2D eigenvalue weighted by atomic mass is 32.1. The van der Waals surface area contributed by atoms with Gasteiger partial charge in [-0.3, -0.25) is 0 Å². The van der Waals surface area contributed by atoms with Crippen LogP contribution >= 0.6 is 11.3 Å². The van der Waals surface area contributed by atoms with E-state index in [4.69, 9.17) is 9.84 Å². The zero-order valence-electron chi connectivity index (χ0n) is 17.7. The third-order valence-electron chi connectivity index (χ3n) is 4.83. The Balaban J connectivity index is 1.77. The van der Waals surface area contributed by atoms with Crippen LogP contribution in [0.5, 0.6) is 5.75 Å². The highest BCUT2D eigenvalue weighted by Gasteiger charge is 2.30. The molecular formula is C24H22F3NO3S. The second kappa shape index (κ2) is 9.56. The van der Waals surface area contributed by atoms with Gasteiger partial charge in [0, 0.05) is 5.56 Å². The molecule has 3 aromatic rings. The van der Waals surface area contributed by atoms with Crippen LogP contribution in [-0.4, -0.2) is 22.2 Å². The molecule has 2 aromatic carbocycles. The van der Waals surface area contributed by atoms with Gasteiger partial charge in [0.1, 0.15) is 10.8 Å². The summed E-state index contributed by atoms with van der Waals surface area (Å²) in [6.45, 7) is 5.45. The minimum atomic E-state index is -4.37. The molecule has 168 valence electrons. The van der Waals surface area contributed by atoms with Crippen LogP contribution in [0.25, 0.3) is 22.7 Å². The Morgan fingerprint density at radius 3 is 2.41 bits per heavy atom. The van der Waals surface area contributed by atoms with E-state index in [0.29, 0.717) is 22.7 Å². The molecule has 0 aliphatic heterocycles. The number of carboxylic acids is 1. The summed E-state index contributed by atoms with van der Waals surface area (Å²) in [6, 6.07) is 10.4. The smallest absolute Gasteiger partial charge is 0.416 e. The molecule has 1 N–H and O–H groups in total. The van der Waals surface area contributed by atoms with Crippen molar-refractivity contribution in [1.82, 2.24) is 4.98 Å². The Hall–Kier alpha value is -3.13. The van der Waals surface area contributed by atoms with Crippen LogP contribution in [0.1, 0.15) is 40.6 Å². The minimum Gasteiger partial charge on any atom is -0.479 e. The molecule has 8 heteroatoms. The number of thiazole rings is 1. The molecule has 0 fully saturated rings. The zero-order valence-corrected chi connectivity index (χ0v) is 18.6. The number of ether oxygens (including phenoxy) is 1. The maximum atomic E-state index is 12.8. The number of aromatic nitrogens is 1. The second-order valence-corrected chi connectivity index (χ2v) is 8.29. The summed E-state index contributed by atoms with van der Waals surface area (Å²) in [6.07, 6.45) is -1.08. The Kier molecular flexibility index (Phi) is 7.03. The fourth-order valence-electron chi connectivity index (χ4n) is 3.03. The van der Waals surface area contributed by atoms with Gasteiger partial charge in [-0.2, -0.15) is 13.2 Å². The molecule has 0 saturated heterocycles. The number of hydrogen-bond donors (Lipinski definition) is 1. The predicted molar refractivity (Wildman–Crippen MR) is 120 cm³/mol. The Morgan fingerprint density at radius 1 is 1.16 bits per heavy atom. The lowest BCUT2D eigenvalue weighted by Gasteiger charge is -2.15. The van der Waals surface area contributed by atoms with Gasteiger partial charge in [0.25, 0.3) is 0 Å². The molecule has 0 aliphatic carbocycles. The lowest BCUT2D eigenvalue weighted by Crippen LogP contribution is -2.26. The van der Waals surface area contributed by atoms with Crippen LogP contribution < -0.4 is 4.74 Å². The Morgan fingerprint density at radius 2 is 1.84 bits per heavy atom. The molecule has 0 spiro atoms. The van der Waals surface area contributed by atoms with Crippen LogP contribution in [0.2, 0.25) is 0 Å². The van der Waals surface area contributed by atoms with E-state index in [1.807, 2.05) is 38.1 Å². The first-order chi connectivity index (χ1) is 15.1. The van der Waals surface area contributed by atoms with Gasteiger partial charge in [0.05, 0.1) is 16.1 Å². The maximum Gasteiger partial charge on any atom is 0.416 e. The average molecular weight is 462 g/mol. The van der Waals surface area contributed by atoms with Crippen LogP contribution in [0.3, 0.4) is 0 Å². The van der Waals surface area contributed by atoms with Crippen LogP contribution in [-0.2, 0) is 11.0 Å². The number of carboxylic acid groups (broad SMARTS) is 1. The van der Waals surface area contributed by atoms with Crippen molar-refractivity contribution in [2.45, 2.75) is 39.5 Å². The Bertz CT molecular complexity index is 1130. The first-order valence-electron chi connectivity index (χ1n) is 9.91. The number of rotatable bonds is 7. The molecule has 0 radical (unpaired) electrons. The highest BCUT2D eigenvalue weighted by molar-refractivity contribution is 7.16. The maximum absolute atomic E-state index is 12.8. The minimum absolute atomic E-state index is 0.363. The van der Waals surface area contributed by atoms with Crippen molar-refractivity contribution in [2.24, 2.45) is 0 Å². The molecule has 0 amide bonds. The van der Waals surface area contributed by atoms with Gasteiger partial charge in [0.2, 0.25) is 0 Å². The zero-order chi connectivity index (χ0) is 23.5. The third kappa shape index (κ3) is 5.56. The molecule has 1 atom stereocenters. The van der Waals surface area contributed by atoms with E-state index in [1.54, 1.807) is 13.0 Å². The SMILES string of the molecule is CCC(Oc1ccc(/C=C/c2sc(-c3ccc(C(F)(F)F)cc3)nc2C)cc1C)C(=O)O. The van der Waals surface area contributed by atoms with Gasteiger partial charge in [-0.1, -0.05) is 31.2 Å². The van der Waals surface area contributed by atoms with E-state index in [2.05, 4.69) is 4.98 Å². The number of hydrogen-bond acceptors (Lipinski definition) is 4. The summed E-state index contributed by atoms with van der Waals surface area (Å²) in [5, 5.41) is 9.81. The molecular weight excluding hydrogens is 439 g/mol. The van der Waals surface area contributed by atoms with E-state index in [0.717, 1.165) is 33.8 Å². The van der Waals surface area contributed by atoms with E-state index in [1.165, 1.54) is 23.5 Å². The summed E-state index contributed by atoms with van der Waals surface area (Å²) >= 11 is 1.40. The highest BCUT2D eigenvalue weighted by Crippen LogP contribution is 2.33. The summed E-state index contributed by atoms with van der Waals surface area (Å²) in [4.78, 5) is 16.6. The van der Waals surface area contributed by atoms with Gasteiger partial charge in [-0.15, -0.1) is 11.3 Å². The van der Waals surface area contributed by atoms with Crippen molar-refractivity contribution in [3.63, 3.8) is 0 Å². The molecule has 0 aliphatic rings. The Labute approximate surface area is 188 Å². The summed E-state index contributed by atoms with van der Waals surface area (Å²) in [7, 11) is 0. The topological polar surface area (TPSA) is 59.4 Å². The van der Waals surface area contributed by atoms with Crippen LogP contribution in [0, 0.1) is 13.8 Å². The van der Waals surface area contributed by atoms with Crippen molar-refractivity contribution in [3.05, 3.63) is 69.7 Å². The number of halogens is 3. The van der Waals surface area contributed by atoms with E-state index in [9.17, 15) is 18.0 Å². The molecule has 3 rings (SSSR count). The summed E-state index contributed by atoms with van der Waals surface area (Å²) in [5.74, 6) is -0.477. The van der Waals surface area contributed by atoms with E-state index in [-0.39, 0.29) is 0 Å². The monoisotopic (exact) mass is 461 g/mol. The number of carbonyl (C=O) groups is 1. The molecule has 32 heavy (non-hydrogen) atoms. The number of nitrogens with zero attached hydrogens (tertiary/aromatic N) is 1. The average Bonchev–Trinajstić information content (AvgIpc) is 3.11. The molecule has 0 bridgehead atoms. The standard InChI is InChI=1S/C24H22F3NO3S/c1-4-19(23(29)30)31-20-11-5-16(13-14(20)2)6-12-21-15(3)28-22(32-21)17-7-9-18(10-8-17)24(25,26)27/h5-13,19H,4H2,1-3H3,(H,29,30)/b12-6+. The molecule has 1 heterocycles. The van der Waals surface area contributed by atoms with Gasteiger partial charge in [-0.25, -0.2) is 9.78 Å². The number of aryl methyl sites for hydroxylation is 2. The van der Waals surface area contributed by atoms with Crippen molar-refractivity contribution < 1.29 is 27.8 Å². The fourth-order valence-corrected chi connectivity index (χ4v) is 4.00. The largest absolute Gasteiger partial charge is 0.479 e. The van der Waals surface area contributed by atoms with E-state index >= 15 is 0 Å². The molecule has 0 saturated carbocycles. The summed E-state index contributed by atoms with van der Waals surface area (Å²) in [5.41, 5.74) is 2.45. The second-order valence-electron chi connectivity index (χ2n) is 7.26. The lowest BCUT2D eigenvalue weighted by atomic mass is 10.1. The van der Waals surface area contributed by atoms with Crippen molar-refractivity contribution >= 4 is 29.5 Å². The molecule has 1 unspecified atom stereocenters. The van der Waals surface area contributed by atoms with Gasteiger partial charge in [-0.05, 0) is 61.7 Å². The van der Waals surface area contributed by atoms with Crippen LogP contribution in [0.4, 0.5) is 13.2 Å². The van der Waals surface area contributed by atoms with Crippen LogP contribution in [0.15, 0.2) is 42.5 Å². The lowest BCUT2D eigenvalue weighted by molar-refractivity contribution is -0.145. The van der Waals surface area contributed by atoms with Gasteiger partial charge in [0.15, 0.2) is 6.10 Å². The normalized spacial score (nSPS) is 12.8. The van der Waals surface area contributed by atoms with Gasteiger partial charge < -0.3 is 9.84 Å². The fraction of sp³-hybridized carbons (Fsp3) is 0.250. The first-order valence-corrected chi connectivity index (χ1v) is 10.7. The number of benzene rings is 2. The molecule has 4 nitrogen and oxygen atoms in total. The number of aliphatic carboxylic acids is 1. The predicted octanol–water partition coefficient (Wildman–Crippen LogP) is 6.86. The van der Waals surface area contributed by atoms with Crippen molar-refractivity contribution in [1.29, 1.82) is 0 Å². The third-order valence-corrected chi connectivity index (χ3v) is 6.00. The van der Waals surface area contributed by atoms with Crippen molar-refractivity contribution in [2.75, 3.05) is 0 Å². The number of alkyl halides is 3. The van der Waals surface area contributed by atoms with E-state index < -0.39 is 23.8 Å².